The first-order valence-corrected chi connectivity index (χ1v) is 6.95. The van der Waals surface area contributed by atoms with Crippen molar-refractivity contribution in [2.45, 2.75) is 12.7 Å². The zero-order chi connectivity index (χ0) is 14.9. The van der Waals surface area contributed by atoms with Gasteiger partial charge in [0.15, 0.2) is 0 Å². The lowest BCUT2D eigenvalue weighted by atomic mass is 10.2. The number of ether oxygens (including phenoxy) is 2. The lowest BCUT2D eigenvalue weighted by molar-refractivity contribution is 0.0348. The predicted octanol–water partition coefficient (Wildman–Crippen LogP) is 2.68. The maximum Gasteiger partial charge on any atom is 0.119 e. The summed E-state index contributed by atoms with van der Waals surface area (Å²) >= 11 is 0. The molecule has 1 atom stereocenters. The van der Waals surface area contributed by atoms with Gasteiger partial charge in [-0.1, -0.05) is 30.3 Å². The normalized spacial score (nSPS) is 11.9. The summed E-state index contributed by atoms with van der Waals surface area (Å²) in [5, 5.41) is 13.0. The summed E-state index contributed by atoms with van der Waals surface area (Å²) in [6.45, 7) is 1.26. The van der Waals surface area contributed by atoms with Gasteiger partial charge in [0.05, 0.1) is 26.4 Å². The molecule has 112 valence electrons. The van der Waals surface area contributed by atoms with Crippen LogP contribution < -0.4 is 10.1 Å². The molecule has 0 fully saturated rings. The zero-order valence-corrected chi connectivity index (χ0v) is 12.2. The van der Waals surface area contributed by atoms with Gasteiger partial charge in [-0.25, -0.2) is 0 Å². The van der Waals surface area contributed by atoms with Crippen molar-refractivity contribution >= 4 is 5.69 Å². The minimum Gasteiger partial charge on any atom is -0.497 e. The fourth-order valence-corrected chi connectivity index (χ4v) is 1.89. The van der Waals surface area contributed by atoms with E-state index in [1.54, 1.807) is 7.11 Å². The van der Waals surface area contributed by atoms with Crippen molar-refractivity contribution < 1.29 is 14.6 Å². The molecule has 0 saturated heterocycles. The number of methoxy groups -OCH3 is 1. The highest BCUT2D eigenvalue weighted by atomic mass is 16.5. The van der Waals surface area contributed by atoms with Gasteiger partial charge in [0, 0.05) is 12.2 Å². The number of nitrogens with one attached hydrogen (secondary N) is 1. The second kappa shape index (κ2) is 8.29. The first-order chi connectivity index (χ1) is 10.3. The van der Waals surface area contributed by atoms with Crippen LogP contribution in [0.2, 0.25) is 0 Å². The molecule has 0 amide bonds. The molecule has 21 heavy (non-hydrogen) atoms. The minimum atomic E-state index is -0.546. The zero-order valence-electron chi connectivity index (χ0n) is 12.2. The van der Waals surface area contributed by atoms with Crippen molar-refractivity contribution in [3.63, 3.8) is 0 Å². The monoisotopic (exact) mass is 287 g/mol. The molecule has 2 rings (SSSR count). The Morgan fingerprint density at radius 3 is 2.43 bits per heavy atom. The van der Waals surface area contributed by atoms with E-state index >= 15 is 0 Å². The average Bonchev–Trinajstić information content (AvgIpc) is 2.54. The van der Waals surface area contributed by atoms with Crippen LogP contribution in [0.1, 0.15) is 5.56 Å². The summed E-state index contributed by atoms with van der Waals surface area (Å²) in [6.07, 6.45) is -0.546. The van der Waals surface area contributed by atoms with Gasteiger partial charge < -0.3 is 19.9 Å². The molecule has 0 aromatic heterocycles. The fraction of sp³-hybridized carbons (Fsp3) is 0.294. The number of rotatable bonds is 8. The Labute approximate surface area is 125 Å². The Kier molecular flexibility index (Phi) is 6.06. The molecule has 4 nitrogen and oxygen atoms in total. The third kappa shape index (κ3) is 5.45. The third-order valence-electron chi connectivity index (χ3n) is 3.05. The third-order valence-corrected chi connectivity index (χ3v) is 3.05. The van der Waals surface area contributed by atoms with E-state index in [1.807, 2.05) is 54.6 Å². The van der Waals surface area contributed by atoms with Crippen LogP contribution in [0.4, 0.5) is 5.69 Å². The van der Waals surface area contributed by atoms with Gasteiger partial charge in [-0.2, -0.15) is 0 Å². The molecule has 0 radical (unpaired) electrons. The Balaban J connectivity index is 1.66. The second-order valence-corrected chi connectivity index (χ2v) is 4.76. The van der Waals surface area contributed by atoms with Gasteiger partial charge in [-0.3, -0.25) is 0 Å². The molecular weight excluding hydrogens is 266 g/mol. The Morgan fingerprint density at radius 2 is 1.76 bits per heavy atom. The number of hydrogen-bond donors (Lipinski definition) is 2. The van der Waals surface area contributed by atoms with Crippen LogP contribution >= 0.6 is 0 Å². The van der Waals surface area contributed by atoms with E-state index in [0.717, 1.165) is 17.0 Å². The van der Waals surface area contributed by atoms with E-state index in [1.165, 1.54) is 0 Å². The van der Waals surface area contributed by atoms with Crippen LogP contribution in [0.3, 0.4) is 0 Å². The summed E-state index contributed by atoms with van der Waals surface area (Å²) in [7, 11) is 1.64. The van der Waals surface area contributed by atoms with Gasteiger partial charge in [0.2, 0.25) is 0 Å². The van der Waals surface area contributed by atoms with Crippen LogP contribution in [0.15, 0.2) is 54.6 Å². The quantitative estimate of drug-likeness (QED) is 0.784. The molecule has 0 aliphatic rings. The molecule has 0 spiro atoms. The van der Waals surface area contributed by atoms with Gasteiger partial charge in [-0.05, 0) is 29.8 Å². The largest absolute Gasteiger partial charge is 0.497 e. The highest BCUT2D eigenvalue weighted by Gasteiger charge is 2.04. The van der Waals surface area contributed by atoms with Crippen LogP contribution in [-0.4, -0.2) is 31.5 Å². The SMILES string of the molecule is COc1ccc(NCC(O)COCc2ccccc2)cc1. The lowest BCUT2D eigenvalue weighted by Gasteiger charge is -2.13. The molecule has 2 aromatic carbocycles. The van der Waals surface area contributed by atoms with Gasteiger partial charge in [-0.15, -0.1) is 0 Å². The first-order valence-electron chi connectivity index (χ1n) is 6.95. The Bertz CT molecular complexity index is 513. The van der Waals surface area contributed by atoms with E-state index in [0.29, 0.717) is 19.8 Å². The standard InChI is InChI=1S/C17H21NO3/c1-20-17-9-7-15(8-10-17)18-11-16(19)13-21-12-14-5-3-2-4-6-14/h2-10,16,18-19H,11-13H2,1H3. The van der Waals surface area contributed by atoms with Gasteiger partial charge in [0.1, 0.15) is 5.75 Å². The molecule has 0 bridgehead atoms. The van der Waals surface area contributed by atoms with Crippen molar-refractivity contribution in [1.82, 2.24) is 0 Å². The molecule has 2 N–H and O–H groups in total. The Hall–Kier alpha value is -2.04. The molecule has 1 unspecified atom stereocenters. The molecule has 4 heteroatoms. The lowest BCUT2D eigenvalue weighted by Crippen LogP contribution is -2.24. The first kappa shape index (κ1) is 15.4. The summed E-state index contributed by atoms with van der Waals surface area (Å²) < 4.78 is 10.6. The van der Waals surface area contributed by atoms with E-state index in [4.69, 9.17) is 9.47 Å². The molecule has 0 saturated carbocycles. The number of benzene rings is 2. The predicted molar refractivity (Wildman–Crippen MR) is 83.6 cm³/mol. The number of hydrogen-bond acceptors (Lipinski definition) is 4. The minimum absolute atomic E-state index is 0.304. The van der Waals surface area contributed by atoms with Crippen LogP contribution in [0.5, 0.6) is 5.75 Å². The molecule has 0 aliphatic carbocycles. The van der Waals surface area contributed by atoms with E-state index in [2.05, 4.69) is 5.32 Å². The second-order valence-electron chi connectivity index (χ2n) is 4.76. The van der Waals surface area contributed by atoms with Crippen molar-refractivity contribution in [3.8, 4) is 5.75 Å². The van der Waals surface area contributed by atoms with Crippen molar-refractivity contribution in [1.29, 1.82) is 0 Å². The van der Waals surface area contributed by atoms with Crippen LogP contribution in [0, 0.1) is 0 Å². The van der Waals surface area contributed by atoms with Gasteiger partial charge >= 0.3 is 0 Å². The van der Waals surface area contributed by atoms with Crippen molar-refractivity contribution in [2.75, 3.05) is 25.6 Å². The molecule has 0 aliphatic heterocycles. The number of anilines is 1. The summed E-state index contributed by atoms with van der Waals surface area (Å²) in [5.41, 5.74) is 2.05. The van der Waals surface area contributed by atoms with Crippen LogP contribution in [-0.2, 0) is 11.3 Å². The summed E-state index contributed by atoms with van der Waals surface area (Å²) in [5.74, 6) is 0.812. The highest BCUT2D eigenvalue weighted by molar-refractivity contribution is 5.46. The van der Waals surface area contributed by atoms with Crippen molar-refractivity contribution in [2.24, 2.45) is 0 Å². The average molecular weight is 287 g/mol. The number of aliphatic hydroxyl groups is 1. The van der Waals surface area contributed by atoms with E-state index in [-0.39, 0.29) is 0 Å². The fourth-order valence-electron chi connectivity index (χ4n) is 1.89. The molecular formula is C17H21NO3. The van der Waals surface area contributed by atoms with E-state index < -0.39 is 6.10 Å². The smallest absolute Gasteiger partial charge is 0.119 e. The highest BCUT2D eigenvalue weighted by Crippen LogP contribution is 2.14. The maximum absolute atomic E-state index is 9.88. The van der Waals surface area contributed by atoms with Crippen molar-refractivity contribution in [3.05, 3.63) is 60.2 Å². The number of aliphatic hydroxyl groups excluding tert-OH is 1. The summed E-state index contributed by atoms with van der Waals surface area (Å²) in [4.78, 5) is 0. The van der Waals surface area contributed by atoms with E-state index in [9.17, 15) is 5.11 Å². The topological polar surface area (TPSA) is 50.7 Å². The molecule has 0 heterocycles. The maximum atomic E-state index is 9.88. The van der Waals surface area contributed by atoms with Crippen LogP contribution in [0.25, 0.3) is 0 Å². The van der Waals surface area contributed by atoms with Gasteiger partial charge in [0.25, 0.3) is 0 Å². The summed E-state index contributed by atoms with van der Waals surface area (Å²) in [6, 6.07) is 17.5. The molecule has 2 aromatic rings. The Morgan fingerprint density at radius 1 is 1.05 bits per heavy atom.